The van der Waals surface area contributed by atoms with Crippen molar-refractivity contribution < 1.29 is 0 Å². The molecule has 1 aromatic rings. The molecule has 1 aromatic carbocycles. The van der Waals surface area contributed by atoms with E-state index in [1.807, 2.05) is 0 Å². The molecule has 0 amide bonds. The van der Waals surface area contributed by atoms with Crippen LogP contribution in [0.5, 0.6) is 0 Å². The number of halogens is 1. The van der Waals surface area contributed by atoms with Crippen molar-refractivity contribution in [3.05, 3.63) is 35.4 Å². The van der Waals surface area contributed by atoms with E-state index in [1.165, 1.54) is 30.5 Å². The molecule has 1 heterocycles. The van der Waals surface area contributed by atoms with Gasteiger partial charge >= 0.3 is 0 Å². The van der Waals surface area contributed by atoms with Crippen LogP contribution in [0, 0.1) is 0 Å². The van der Waals surface area contributed by atoms with E-state index in [-0.39, 0.29) is 12.4 Å². The zero-order valence-corrected chi connectivity index (χ0v) is 9.44. The summed E-state index contributed by atoms with van der Waals surface area (Å²) in [5, 5.41) is 3.51. The Hall–Kier alpha value is -0.530. The molecule has 2 heteroatoms. The van der Waals surface area contributed by atoms with Gasteiger partial charge in [-0.15, -0.1) is 12.4 Å². The predicted molar refractivity (Wildman–Crippen MR) is 63.0 cm³/mol. The van der Waals surface area contributed by atoms with Gasteiger partial charge in [0.25, 0.3) is 0 Å². The molecule has 0 aliphatic carbocycles. The zero-order chi connectivity index (χ0) is 9.10. The number of rotatable bonds is 2. The maximum atomic E-state index is 3.51. The van der Waals surface area contributed by atoms with E-state index in [0.717, 1.165) is 6.42 Å². The highest BCUT2D eigenvalue weighted by Gasteiger charge is 2.15. The predicted octanol–water partition coefficient (Wildman–Crippen LogP) is 3.10. The van der Waals surface area contributed by atoms with Crippen molar-refractivity contribution in [1.29, 1.82) is 0 Å². The number of aryl methyl sites for hydroxylation is 1. The Labute approximate surface area is 92.3 Å². The highest BCUT2D eigenvalue weighted by atomic mass is 35.5. The van der Waals surface area contributed by atoms with Crippen molar-refractivity contribution in [2.24, 2.45) is 0 Å². The number of hydrogen-bond acceptors (Lipinski definition) is 1. The minimum Gasteiger partial charge on any atom is -0.310 e. The highest BCUT2D eigenvalue weighted by Crippen LogP contribution is 2.22. The van der Waals surface area contributed by atoms with Gasteiger partial charge in [0.15, 0.2) is 0 Å². The lowest BCUT2D eigenvalue weighted by Crippen LogP contribution is -2.12. The number of hydrogen-bond donors (Lipinski definition) is 1. The maximum absolute atomic E-state index is 3.51. The quantitative estimate of drug-likeness (QED) is 0.793. The Morgan fingerprint density at radius 3 is 2.50 bits per heavy atom. The fraction of sp³-hybridized carbons (Fsp3) is 0.500. The van der Waals surface area contributed by atoms with E-state index in [9.17, 15) is 0 Å². The Morgan fingerprint density at radius 2 is 2.00 bits per heavy atom. The zero-order valence-electron chi connectivity index (χ0n) is 8.62. The molecule has 0 spiro atoms. The van der Waals surface area contributed by atoms with Gasteiger partial charge in [0.05, 0.1) is 0 Å². The van der Waals surface area contributed by atoms with Gasteiger partial charge in [-0.25, -0.2) is 0 Å². The molecule has 1 aliphatic rings. The summed E-state index contributed by atoms with van der Waals surface area (Å²) in [6, 6.07) is 9.64. The molecular formula is C12H18ClN. The van der Waals surface area contributed by atoms with Crippen molar-refractivity contribution in [2.45, 2.75) is 32.2 Å². The number of nitrogens with one attached hydrogen (secondary N) is 1. The minimum atomic E-state index is 0. The fourth-order valence-corrected chi connectivity index (χ4v) is 1.95. The molecule has 0 bridgehead atoms. The lowest BCUT2D eigenvalue weighted by atomic mass is 10.0. The molecular weight excluding hydrogens is 194 g/mol. The molecule has 1 nitrogen and oxygen atoms in total. The van der Waals surface area contributed by atoms with E-state index in [0.29, 0.717) is 6.04 Å². The third-order valence-corrected chi connectivity index (χ3v) is 2.85. The van der Waals surface area contributed by atoms with E-state index in [4.69, 9.17) is 0 Å². The van der Waals surface area contributed by atoms with Crippen LogP contribution in [0.3, 0.4) is 0 Å². The summed E-state index contributed by atoms with van der Waals surface area (Å²) in [6.45, 7) is 3.38. The van der Waals surface area contributed by atoms with Gasteiger partial charge in [-0.2, -0.15) is 0 Å². The molecule has 0 aromatic heterocycles. The summed E-state index contributed by atoms with van der Waals surface area (Å²) in [6.07, 6.45) is 3.75. The normalized spacial score (nSPS) is 20.5. The SMILES string of the molecule is CCc1ccc([C@H]2CCCN2)cc1.Cl. The van der Waals surface area contributed by atoms with Crippen LogP contribution in [0.2, 0.25) is 0 Å². The molecule has 1 atom stereocenters. The summed E-state index contributed by atoms with van der Waals surface area (Å²) < 4.78 is 0. The monoisotopic (exact) mass is 211 g/mol. The fourth-order valence-electron chi connectivity index (χ4n) is 1.95. The van der Waals surface area contributed by atoms with E-state index in [1.54, 1.807) is 0 Å². The first kappa shape index (κ1) is 11.5. The smallest absolute Gasteiger partial charge is 0.0320 e. The van der Waals surface area contributed by atoms with Crippen molar-refractivity contribution in [3.63, 3.8) is 0 Å². The molecule has 1 saturated heterocycles. The van der Waals surface area contributed by atoms with Crippen LogP contribution in [-0.4, -0.2) is 6.54 Å². The van der Waals surface area contributed by atoms with Gasteiger partial charge < -0.3 is 5.32 Å². The first-order valence-electron chi connectivity index (χ1n) is 5.22. The van der Waals surface area contributed by atoms with Crippen LogP contribution in [0.4, 0.5) is 0 Å². The Morgan fingerprint density at radius 1 is 1.29 bits per heavy atom. The summed E-state index contributed by atoms with van der Waals surface area (Å²) in [5.41, 5.74) is 2.89. The van der Waals surface area contributed by atoms with Gasteiger partial charge in [0.2, 0.25) is 0 Å². The Bertz CT molecular complexity index is 262. The molecule has 1 fully saturated rings. The van der Waals surface area contributed by atoms with Crippen LogP contribution in [0.1, 0.15) is 36.9 Å². The van der Waals surface area contributed by atoms with Gasteiger partial charge in [-0.05, 0) is 36.9 Å². The lowest BCUT2D eigenvalue weighted by Gasteiger charge is -2.10. The second-order valence-corrected chi connectivity index (χ2v) is 3.74. The van der Waals surface area contributed by atoms with Crippen molar-refractivity contribution in [3.8, 4) is 0 Å². The second kappa shape index (κ2) is 5.38. The first-order valence-corrected chi connectivity index (χ1v) is 5.22. The summed E-state index contributed by atoms with van der Waals surface area (Å²) >= 11 is 0. The maximum Gasteiger partial charge on any atom is 0.0320 e. The van der Waals surface area contributed by atoms with Gasteiger partial charge in [0, 0.05) is 6.04 Å². The van der Waals surface area contributed by atoms with Crippen molar-refractivity contribution >= 4 is 12.4 Å². The van der Waals surface area contributed by atoms with Crippen molar-refractivity contribution in [2.75, 3.05) is 6.54 Å². The average molecular weight is 212 g/mol. The van der Waals surface area contributed by atoms with Crippen LogP contribution in [0.25, 0.3) is 0 Å². The molecule has 0 unspecified atom stereocenters. The van der Waals surface area contributed by atoms with Crippen LogP contribution in [0.15, 0.2) is 24.3 Å². The third kappa shape index (κ3) is 2.49. The van der Waals surface area contributed by atoms with Gasteiger partial charge in [-0.3, -0.25) is 0 Å². The average Bonchev–Trinajstić information content (AvgIpc) is 2.71. The molecule has 78 valence electrons. The highest BCUT2D eigenvalue weighted by molar-refractivity contribution is 5.85. The molecule has 0 saturated carbocycles. The summed E-state index contributed by atoms with van der Waals surface area (Å²) in [5.74, 6) is 0. The topological polar surface area (TPSA) is 12.0 Å². The van der Waals surface area contributed by atoms with Crippen LogP contribution in [-0.2, 0) is 6.42 Å². The standard InChI is InChI=1S/C12H17N.ClH/c1-2-10-5-7-11(8-6-10)12-4-3-9-13-12;/h5-8,12-13H,2-4,9H2,1H3;1H/t12-;/m1./s1. The summed E-state index contributed by atoms with van der Waals surface area (Å²) in [4.78, 5) is 0. The molecule has 0 radical (unpaired) electrons. The van der Waals surface area contributed by atoms with Gasteiger partial charge in [-0.1, -0.05) is 31.2 Å². The van der Waals surface area contributed by atoms with E-state index < -0.39 is 0 Å². The first-order chi connectivity index (χ1) is 6.40. The summed E-state index contributed by atoms with van der Waals surface area (Å²) in [7, 11) is 0. The molecule has 1 N–H and O–H groups in total. The molecule has 2 rings (SSSR count). The molecule has 14 heavy (non-hydrogen) atoms. The third-order valence-electron chi connectivity index (χ3n) is 2.85. The van der Waals surface area contributed by atoms with Crippen molar-refractivity contribution in [1.82, 2.24) is 5.32 Å². The second-order valence-electron chi connectivity index (χ2n) is 3.74. The number of benzene rings is 1. The lowest BCUT2D eigenvalue weighted by molar-refractivity contribution is 0.647. The van der Waals surface area contributed by atoms with Crippen LogP contribution >= 0.6 is 12.4 Å². The van der Waals surface area contributed by atoms with Crippen LogP contribution < -0.4 is 5.32 Å². The van der Waals surface area contributed by atoms with E-state index in [2.05, 4.69) is 36.5 Å². The molecule has 1 aliphatic heterocycles. The minimum absolute atomic E-state index is 0. The van der Waals surface area contributed by atoms with Gasteiger partial charge in [0.1, 0.15) is 0 Å². The van der Waals surface area contributed by atoms with E-state index >= 15 is 0 Å². The Balaban J connectivity index is 0.000000980. The Kier molecular flexibility index (Phi) is 4.43. The largest absolute Gasteiger partial charge is 0.310 e.